The van der Waals surface area contributed by atoms with Crippen LogP contribution in [-0.2, 0) is 11.8 Å². The normalized spacial score (nSPS) is 15.3. The van der Waals surface area contributed by atoms with Crippen LogP contribution in [0.3, 0.4) is 0 Å². The van der Waals surface area contributed by atoms with E-state index in [-0.39, 0.29) is 29.5 Å². The van der Waals surface area contributed by atoms with E-state index in [9.17, 15) is 14.4 Å². The summed E-state index contributed by atoms with van der Waals surface area (Å²) >= 11 is 0. The van der Waals surface area contributed by atoms with Gasteiger partial charge in [0.25, 0.3) is 11.5 Å². The number of nitrogens with zero attached hydrogens (tertiary/aromatic N) is 3. The van der Waals surface area contributed by atoms with Crippen molar-refractivity contribution >= 4 is 11.9 Å². The largest absolute Gasteiger partial charge is 0.481 e. The van der Waals surface area contributed by atoms with Crippen molar-refractivity contribution in [1.82, 2.24) is 14.7 Å². The highest BCUT2D eigenvalue weighted by Crippen LogP contribution is 2.20. The Morgan fingerprint density at radius 2 is 2.11 bits per heavy atom. The molecule has 96 valence electrons. The summed E-state index contributed by atoms with van der Waals surface area (Å²) in [5, 5.41) is 12.5. The van der Waals surface area contributed by atoms with Gasteiger partial charge < -0.3 is 10.0 Å². The number of rotatable bonds is 3. The molecule has 1 amide bonds. The van der Waals surface area contributed by atoms with Crippen LogP contribution in [0.25, 0.3) is 0 Å². The number of carboxylic acid groups (broad SMARTS) is 1. The molecule has 2 rings (SSSR count). The third-order valence-electron chi connectivity index (χ3n) is 2.89. The SMILES string of the molecule is Cn1nc(C(=O)N2CC(CC(=O)O)C2)ccc1=O. The molecule has 1 N–H and O–H groups in total. The molecule has 0 aliphatic carbocycles. The third-order valence-corrected chi connectivity index (χ3v) is 2.89. The molecular weight excluding hydrogens is 238 g/mol. The van der Waals surface area contributed by atoms with Crippen LogP contribution in [0.4, 0.5) is 0 Å². The number of aliphatic carboxylic acids is 1. The molecule has 1 aromatic rings. The van der Waals surface area contributed by atoms with Crippen molar-refractivity contribution in [3.05, 3.63) is 28.2 Å². The summed E-state index contributed by atoms with van der Waals surface area (Å²) in [6.45, 7) is 0.852. The molecule has 0 atom stereocenters. The number of likely N-dealkylation sites (tertiary alicyclic amines) is 1. The molecule has 0 unspecified atom stereocenters. The fourth-order valence-corrected chi connectivity index (χ4v) is 1.89. The lowest BCUT2D eigenvalue weighted by Crippen LogP contribution is -2.51. The highest BCUT2D eigenvalue weighted by molar-refractivity contribution is 5.92. The van der Waals surface area contributed by atoms with Gasteiger partial charge in [0.2, 0.25) is 0 Å². The van der Waals surface area contributed by atoms with Gasteiger partial charge in [0.05, 0.1) is 6.42 Å². The molecule has 1 aliphatic rings. The highest BCUT2D eigenvalue weighted by Gasteiger charge is 2.33. The molecule has 1 aromatic heterocycles. The van der Waals surface area contributed by atoms with Crippen molar-refractivity contribution in [3.63, 3.8) is 0 Å². The van der Waals surface area contributed by atoms with Gasteiger partial charge in [-0.1, -0.05) is 0 Å². The monoisotopic (exact) mass is 251 g/mol. The lowest BCUT2D eigenvalue weighted by molar-refractivity contribution is -0.139. The van der Waals surface area contributed by atoms with E-state index in [1.54, 1.807) is 0 Å². The van der Waals surface area contributed by atoms with Gasteiger partial charge >= 0.3 is 5.97 Å². The molecule has 0 bridgehead atoms. The van der Waals surface area contributed by atoms with Crippen LogP contribution in [0.2, 0.25) is 0 Å². The molecule has 1 fully saturated rings. The average molecular weight is 251 g/mol. The maximum atomic E-state index is 11.9. The third kappa shape index (κ3) is 2.39. The summed E-state index contributed by atoms with van der Waals surface area (Å²) < 4.78 is 1.10. The Kier molecular flexibility index (Phi) is 3.14. The standard InChI is InChI=1S/C11H13N3O4/c1-13-9(15)3-2-8(12-13)11(18)14-5-7(6-14)4-10(16)17/h2-3,7H,4-6H2,1H3,(H,16,17). The second-order valence-electron chi connectivity index (χ2n) is 4.35. The minimum Gasteiger partial charge on any atom is -0.481 e. The molecule has 0 radical (unpaired) electrons. The van der Waals surface area contributed by atoms with E-state index < -0.39 is 5.97 Å². The second-order valence-corrected chi connectivity index (χ2v) is 4.35. The van der Waals surface area contributed by atoms with Crippen molar-refractivity contribution in [2.24, 2.45) is 13.0 Å². The number of carbonyl (C=O) groups is 2. The summed E-state index contributed by atoms with van der Waals surface area (Å²) in [4.78, 5) is 35.1. The molecule has 1 saturated heterocycles. The summed E-state index contributed by atoms with van der Waals surface area (Å²) in [5.74, 6) is -1.11. The maximum Gasteiger partial charge on any atom is 0.303 e. The first-order chi connectivity index (χ1) is 8.47. The molecule has 2 heterocycles. The zero-order valence-electron chi connectivity index (χ0n) is 9.87. The molecular formula is C11H13N3O4. The van der Waals surface area contributed by atoms with Crippen LogP contribution in [-0.4, -0.2) is 44.8 Å². The van der Waals surface area contributed by atoms with Gasteiger partial charge in [-0.15, -0.1) is 0 Å². The second kappa shape index (κ2) is 4.59. The van der Waals surface area contributed by atoms with Gasteiger partial charge in [-0.2, -0.15) is 5.10 Å². The minimum absolute atomic E-state index is 0.0129. The topological polar surface area (TPSA) is 92.5 Å². The first-order valence-corrected chi connectivity index (χ1v) is 5.53. The molecule has 0 aromatic carbocycles. The molecule has 7 nitrogen and oxygen atoms in total. The molecule has 1 aliphatic heterocycles. The maximum absolute atomic E-state index is 11.9. The zero-order chi connectivity index (χ0) is 13.3. The smallest absolute Gasteiger partial charge is 0.303 e. The number of aromatic nitrogens is 2. The summed E-state index contributed by atoms with van der Waals surface area (Å²) in [7, 11) is 1.47. The lowest BCUT2D eigenvalue weighted by atomic mass is 9.96. The highest BCUT2D eigenvalue weighted by atomic mass is 16.4. The Labute approximate surface area is 103 Å². The van der Waals surface area contributed by atoms with Gasteiger partial charge in [0.15, 0.2) is 0 Å². The van der Waals surface area contributed by atoms with E-state index in [2.05, 4.69) is 5.10 Å². The quantitative estimate of drug-likeness (QED) is 0.768. The van der Waals surface area contributed by atoms with E-state index >= 15 is 0 Å². The van der Waals surface area contributed by atoms with Crippen LogP contribution in [0.5, 0.6) is 0 Å². The van der Waals surface area contributed by atoms with Crippen LogP contribution in [0, 0.1) is 5.92 Å². The Bertz CT molecular complexity index is 545. The van der Waals surface area contributed by atoms with Gasteiger partial charge in [0.1, 0.15) is 5.69 Å². The first kappa shape index (κ1) is 12.3. The van der Waals surface area contributed by atoms with Crippen molar-refractivity contribution in [2.45, 2.75) is 6.42 Å². The Morgan fingerprint density at radius 3 is 2.67 bits per heavy atom. The van der Waals surface area contributed by atoms with Crippen molar-refractivity contribution in [2.75, 3.05) is 13.1 Å². The van der Waals surface area contributed by atoms with E-state index in [1.807, 2.05) is 0 Å². The predicted molar refractivity (Wildman–Crippen MR) is 61.1 cm³/mol. The molecule has 18 heavy (non-hydrogen) atoms. The van der Waals surface area contributed by atoms with Gasteiger partial charge in [-0.25, -0.2) is 4.68 Å². The van der Waals surface area contributed by atoms with E-state index in [0.29, 0.717) is 13.1 Å². The summed E-state index contributed by atoms with van der Waals surface area (Å²) in [5.41, 5.74) is -0.0789. The number of carbonyl (C=O) groups excluding carboxylic acids is 1. The Balaban J connectivity index is 1.99. The van der Waals surface area contributed by atoms with E-state index in [4.69, 9.17) is 5.11 Å². The fraction of sp³-hybridized carbons (Fsp3) is 0.455. The lowest BCUT2D eigenvalue weighted by Gasteiger charge is -2.38. The van der Waals surface area contributed by atoms with Crippen molar-refractivity contribution < 1.29 is 14.7 Å². The average Bonchev–Trinajstić information content (AvgIpc) is 2.25. The van der Waals surface area contributed by atoms with E-state index in [0.717, 1.165) is 4.68 Å². The molecule has 7 heteroatoms. The predicted octanol–water partition coefficient (Wildman–Crippen LogP) is -0.673. The molecule has 0 saturated carbocycles. The number of hydrogen-bond acceptors (Lipinski definition) is 4. The number of aryl methyl sites for hydroxylation is 1. The van der Waals surface area contributed by atoms with Crippen LogP contribution in [0.15, 0.2) is 16.9 Å². The van der Waals surface area contributed by atoms with Crippen molar-refractivity contribution in [3.8, 4) is 0 Å². The molecule has 0 spiro atoms. The summed E-state index contributed by atoms with van der Waals surface area (Å²) in [6.07, 6.45) is 0.0739. The number of carboxylic acids is 1. The first-order valence-electron chi connectivity index (χ1n) is 5.53. The summed E-state index contributed by atoms with van der Waals surface area (Å²) in [6, 6.07) is 2.67. The number of amides is 1. The number of hydrogen-bond donors (Lipinski definition) is 1. The van der Waals surface area contributed by atoms with Gasteiger partial charge in [0, 0.05) is 32.1 Å². The van der Waals surface area contributed by atoms with Crippen LogP contribution in [0.1, 0.15) is 16.9 Å². The zero-order valence-corrected chi connectivity index (χ0v) is 9.87. The minimum atomic E-state index is -0.854. The van der Waals surface area contributed by atoms with Crippen LogP contribution < -0.4 is 5.56 Å². The van der Waals surface area contributed by atoms with Gasteiger partial charge in [-0.05, 0) is 6.07 Å². The van der Waals surface area contributed by atoms with Gasteiger partial charge in [-0.3, -0.25) is 14.4 Å². The Hall–Kier alpha value is -2.18. The van der Waals surface area contributed by atoms with Crippen molar-refractivity contribution in [1.29, 1.82) is 0 Å². The fourth-order valence-electron chi connectivity index (χ4n) is 1.89. The van der Waals surface area contributed by atoms with Crippen LogP contribution >= 0.6 is 0 Å². The Morgan fingerprint density at radius 1 is 1.44 bits per heavy atom. The van der Waals surface area contributed by atoms with E-state index in [1.165, 1.54) is 24.1 Å².